The summed E-state index contributed by atoms with van der Waals surface area (Å²) in [5.74, 6) is 1.31. The Morgan fingerprint density at radius 3 is 2.60 bits per heavy atom. The Labute approximate surface area is 131 Å². The van der Waals surface area contributed by atoms with Crippen LogP contribution in [-0.2, 0) is 5.41 Å². The summed E-state index contributed by atoms with van der Waals surface area (Å²) in [5.41, 5.74) is 1.35. The van der Waals surface area contributed by atoms with Crippen molar-refractivity contribution in [1.29, 1.82) is 0 Å². The van der Waals surface area contributed by atoms with Crippen LogP contribution in [0.15, 0.2) is 29.1 Å². The van der Waals surface area contributed by atoms with Gasteiger partial charge < -0.3 is 9.72 Å². The predicted molar refractivity (Wildman–Crippen MR) is 88.3 cm³/mol. The number of H-pyrrole nitrogens is 1. The molecule has 1 heterocycles. The molecule has 1 aromatic carbocycles. The molecule has 1 aromatic heterocycles. The minimum absolute atomic E-state index is 0.108. The first-order valence-corrected chi connectivity index (χ1v) is 7.35. The van der Waals surface area contributed by atoms with Crippen LogP contribution in [0.25, 0.3) is 11.4 Å². The Morgan fingerprint density at radius 1 is 1.30 bits per heavy atom. The van der Waals surface area contributed by atoms with E-state index in [0.29, 0.717) is 9.39 Å². The molecule has 0 saturated carbocycles. The largest absolute Gasteiger partial charge is 0.497 e. The molecule has 2 rings (SSSR count). The van der Waals surface area contributed by atoms with Crippen LogP contribution in [0.1, 0.15) is 26.5 Å². The molecule has 0 fully saturated rings. The van der Waals surface area contributed by atoms with E-state index in [1.165, 1.54) is 0 Å². The van der Waals surface area contributed by atoms with E-state index in [4.69, 9.17) is 4.74 Å². The molecule has 20 heavy (non-hydrogen) atoms. The van der Waals surface area contributed by atoms with E-state index in [0.717, 1.165) is 17.0 Å². The smallest absolute Gasteiger partial charge is 0.264 e. The molecule has 4 nitrogen and oxygen atoms in total. The molecule has 0 spiro atoms. The minimum Gasteiger partial charge on any atom is -0.497 e. The van der Waals surface area contributed by atoms with Crippen molar-refractivity contribution < 1.29 is 4.74 Å². The standard InChI is InChI=1S/C15H17IN2O2/c1-15(2,3)12-11(16)14(19)18-13(17-12)9-6-5-7-10(8-9)20-4/h5-8H,1-4H3,(H,17,18,19). The number of aromatic amines is 1. The molecule has 0 atom stereocenters. The second-order valence-corrected chi connectivity index (χ2v) is 6.64. The van der Waals surface area contributed by atoms with E-state index in [1.807, 2.05) is 67.6 Å². The maximum Gasteiger partial charge on any atom is 0.264 e. The van der Waals surface area contributed by atoms with Crippen LogP contribution in [0.5, 0.6) is 5.75 Å². The van der Waals surface area contributed by atoms with Crippen molar-refractivity contribution in [2.45, 2.75) is 26.2 Å². The number of benzene rings is 1. The van der Waals surface area contributed by atoms with Gasteiger partial charge in [0.15, 0.2) is 0 Å². The topological polar surface area (TPSA) is 55.0 Å². The molecule has 2 aromatic rings. The quantitative estimate of drug-likeness (QED) is 0.809. The van der Waals surface area contributed by atoms with Crippen molar-refractivity contribution in [3.05, 3.63) is 43.9 Å². The van der Waals surface area contributed by atoms with Crippen molar-refractivity contribution >= 4 is 22.6 Å². The van der Waals surface area contributed by atoms with Crippen molar-refractivity contribution in [3.8, 4) is 17.1 Å². The Kier molecular flexibility index (Phi) is 4.17. The van der Waals surface area contributed by atoms with Crippen LogP contribution in [-0.4, -0.2) is 17.1 Å². The number of aromatic nitrogens is 2. The number of ether oxygens (including phenoxy) is 1. The highest BCUT2D eigenvalue weighted by molar-refractivity contribution is 14.1. The van der Waals surface area contributed by atoms with Gasteiger partial charge in [-0.1, -0.05) is 32.9 Å². The highest BCUT2D eigenvalue weighted by Gasteiger charge is 2.22. The van der Waals surface area contributed by atoms with E-state index < -0.39 is 0 Å². The highest BCUT2D eigenvalue weighted by Crippen LogP contribution is 2.26. The molecule has 5 heteroatoms. The number of hydrogen-bond donors (Lipinski definition) is 1. The first kappa shape index (κ1) is 15.0. The highest BCUT2D eigenvalue weighted by atomic mass is 127. The average Bonchev–Trinajstić information content (AvgIpc) is 2.40. The summed E-state index contributed by atoms with van der Waals surface area (Å²) in [5, 5.41) is 0. The third-order valence-electron chi connectivity index (χ3n) is 2.92. The van der Waals surface area contributed by atoms with Gasteiger partial charge in [0.25, 0.3) is 5.56 Å². The van der Waals surface area contributed by atoms with Crippen molar-refractivity contribution in [2.24, 2.45) is 0 Å². The van der Waals surface area contributed by atoms with Gasteiger partial charge in [-0.05, 0) is 34.7 Å². The third kappa shape index (κ3) is 3.03. The second-order valence-electron chi connectivity index (χ2n) is 5.56. The summed E-state index contributed by atoms with van der Waals surface area (Å²) in [6.07, 6.45) is 0. The lowest BCUT2D eigenvalue weighted by atomic mass is 9.92. The number of rotatable bonds is 2. The lowest BCUT2D eigenvalue weighted by Crippen LogP contribution is -2.24. The average molecular weight is 384 g/mol. The van der Waals surface area contributed by atoms with Crippen LogP contribution >= 0.6 is 22.6 Å². The zero-order valence-corrected chi connectivity index (χ0v) is 14.1. The van der Waals surface area contributed by atoms with Gasteiger partial charge in [0.05, 0.1) is 12.8 Å². The lowest BCUT2D eigenvalue weighted by Gasteiger charge is -2.19. The van der Waals surface area contributed by atoms with E-state index >= 15 is 0 Å². The number of nitrogens with one attached hydrogen (secondary N) is 1. The fourth-order valence-electron chi connectivity index (χ4n) is 1.86. The monoisotopic (exact) mass is 384 g/mol. The second kappa shape index (κ2) is 5.55. The third-order valence-corrected chi connectivity index (χ3v) is 3.92. The van der Waals surface area contributed by atoms with Gasteiger partial charge in [0.2, 0.25) is 0 Å². The summed E-state index contributed by atoms with van der Waals surface area (Å²) in [6.45, 7) is 6.14. The first-order chi connectivity index (χ1) is 9.32. The summed E-state index contributed by atoms with van der Waals surface area (Å²) in [6, 6.07) is 7.50. The van der Waals surface area contributed by atoms with Gasteiger partial charge in [-0.15, -0.1) is 0 Å². The molecule has 0 aliphatic rings. The number of hydrogen-bond acceptors (Lipinski definition) is 3. The van der Waals surface area contributed by atoms with Crippen LogP contribution in [0.2, 0.25) is 0 Å². The van der Waals surface area contributed by atoms with Gasteiger partial charge in [-0.3, -0.25) is 4.79 Å². The predicted octanol–water partition coefficient (Wildman–Crippen LogP) is 3.35. The van der Waals surface area contributed by atoms with Gasteiger partial charge >= 0.3 is 0 Å². The molecule has 106 valence electrons. The molecule has 0 unspecified atom stereocenters. The van der Waals surface area contributed by atoms with E-state index in [-0.39, 0.29) is 11.0 Å². The Balaban J connectivity index is 2.64. The Bertz CT molecular complexity index is 687. The zero-order valence-electron chi connectivity index (χ0n) is 12.0. The molecule has 1 N–H and O–H groups in total. The van der Waals surface area contributed by atoms with Crippen LogP contribution in [0.3, 0.4) is 0 Å². The molecule has 0 amide bonds. The maximum absolute atomic E-state index is 12.1. The summed E-state index contributed by atoms with van der Waals surface area (Å²) < 4.78 is 5.85. The molecule has 0 aliphatic carbocycles. The zero-order chi connectivity index (χ0) is 14.9. The molecular weight excluding hydrogens is 367 g/mol. The van der Waals surface area contributed by atoms with E-state index in [2.05, 4.69) is 9.97 Å². The fraction of sp³-hybridized carbons (Fsp3) is 0.333. The Morgan fingerprint density at radius 2 is 2.00 bits per heavy atom. The molecule has 0 aliphatic heterocycles. The maximum atomic E-state index is 12.1. The molecular formula is C15H17IN2O2. The minimum atomic E-state index is -0.182. The summed E-state index contributed by atoms with van der Waals surface area (Å²) in [7, 11) is 1.61. The molecule has 0 radical (unpaired) electrons. The van der Waals surface area contributed by atoms with Crippen LogP contribution in [0, 0.1) is 3.57 Å². The molecule has 0 saturated heterocycles. The van der Waals surface area contributed by atoms with E-state index in [9.17, 15) is 4.79 Å². The Hall–Kier alpha value is -1.37. The molecule has 0 bridgehead atoms. The normalized spacial score (nSPS) is 11.4. The number of halogens is 1. The van der Waals surface area contributed by atoms with Crippen LogP contribution in [0.4, 0.5) is 0 Å². The summed E-state index contributed by atoms with van der Waals surface area (Å²) >= 11 is 2.05. The van der Waals surface area contributed by atoms with Crippen molar-refractivity contribution in [3.63, 3.8) is 0 Å². The van der Waals surface area contributed by atoms with Gasteiger partial charge in [0.1, 0.15) is 15.1 Å². The number of nitrogens with zero attached hydrogens (tertiary/aromatic N) is 1. The number of methoxy groups -OCH3 is 1. The van der Waals surface area contributed by atoms with Crippen molar-refractivity contribution in [1.82, 2.24) is 9.97 Å². The fourth-order valence-corrected chi connectivity index (χ4v) is 2.93. The van der Waals surface area contributed by atoms with Gasteiger partial charge in [-0.2, -0.15) is 0 Å². The van der Waals surface area contributed by atoms with E-state index in [1.54, 1.807) is 7.11 Å². The SMILES string of the molecule is COc1cccc(-c2nc(C(C)(C)C)c(I)c(=O)[nH]2)c1. The van der Waals surface area contributed by atoms with Crippen LogP contribution < -0.4 is 10.3 Å². The first-order valence-electron chi connectivity index (χ1n) is 6.27. The van der Waals surface area contributed by atoms with Gasteiger partial charge in [-0.25, -0.2) is 4.98 Å². The van der Waals surface area contributed by atoms with Gasteiger partial charge in [0, 0.05) is 11.0 Å². The summed E-state index contributed by atoms with van der Waals surface area (Å²) in [4.78, 5) is 19.6. The lowest BCUT2D eigenvalue weighted by molar-refractivity contribution is 0.415. The van der Waals surface area contributed by atoms with Crippen molar-refractivity contribution in [2.75, 3.05) is 7.11 Å².